The first-order valence-corrected chi connectivity index (χ1v) is 9.04. The predicted octanol–water partition coefficient (Wildman–Crippen LogP) is 1.98. The molecule has 4 rings (SSSR count). The van der Waals surface area contributed by atoms with Crippen LogP contribution in [0, 0.1) is 6.92 Å². The normalized spacial score (nSPS) is 14.3. The van der Waals surface area contributed by atoms with Crippen LogP contribution in [0.3, 0.4) is 0 Å². The number of aromatic amines is 1. The quantitative estimate of drug-likeness (QED) is 0.739. The molecule has 6 nitrogen and oxygen atoms in total. The summed E-state index contributed by atoms with van der Waals surface area (Å²) < 4.78 is 0. The fourth-order valence-corrected chi connectivity index (χ4v) is 3.53. The number of benzene rings is 1. The number of nitrogens with zero attached hydrogens (tertiary/aromatic N) is 3. The van der Waals surface area contributed by atoms with E-state index in [4.69, 9.17) is 0 Å². The van der Waals surface area contributed by atoms with Crippen molar-refractivity contribution in [3.8, 4) is 0 Å². The maximum absolute atomic E-state index is 12.3. The van der Waals surface area contributed by atoms with E-state index in [9.17, 15) is 4.79 Å². The molecular formula is C20H23N5O. The summed E-state index contributed by atoms with van der Waals surface area (Å²) >= 11 is 0. The Labute approximate surface area is 152 Å². The van der Waals surface area contributed by atoms with E-state index in [1.165, 1.54) is 16.5 Å². The van der Waals surface area contributed by atoms with Crippen molar-refractivity contribution in [2.75, 3.05) is 19.6 Å². The third kappa shape index (κ3) is 3.60. The van der Waals surface area contributed by atoms with Gasteiger partial charge in [0.25, 0.3) is 0 Å². The van der Waals surface area contributed by atoms with Crippen molar-refractivity contribution in [2.45, 2.75) is 26.3 Å². The molecule has 6 heteroatoms. The van der Waals surface area contributed by atoms with Crippen LogP contribution in [0.4, 0.5) is 0 Å². The minimum absolute atomic E-state index is 0.0686. The van der Waals surface area contributed by atoms with Crippen LogP contribution >= 0.6 is 0 Å². The Morgan fingerprint density at radius 3 is 3.15 bits per heavy atom. The van der Waals surface area contributed by atoms with Gasteiger partial charge in [-0.25, -0.2) is 9.97 Å². The molecule has 26 heavy (non-hydrogen) atoms. The molecular weight excluding hydrogens is 326 g/mol. The number of para-hydroxylation sites is 1. The van der Waals surface area contributed by atoms with Gasteiger partial charge in [-0.3, -0.25) is 9.69 Å². The fraction of sp³-hybridized carbons (Fsp3) is 0.350. The zero-order chi connectivity index (χ0) is 17.9. The maximum Gasteiger partial charge on any atom is 0.234 e. The highest BCUT2D eigenvalue weighted by Crippen LogP contribution is 2.18. The van der Waals surface area contributed by atoms with Gasteiger partial charge < -0.3 is 10.3 Å². The lowest BCUT2D eigenvalue weighted by molar-refractivity contribution is -0.122. The highest BCUT2D eigenvalue weighted by atomic mass is 16.2. The van der Waals surface area contributed by atoms with Crippen LogP contribution in [0.1, 0.15) is 22.6 Å². The van der Waals surface area contributed by atoms with Crippen LogP contribution in [-0.4, -0.2) is 45.4 Å². The van der Waals surface area contributed by atoms with Crippen LogP contribution in [0.5, 0.6) is 0 Å². The smallest absolute Gasteiger partial charge is 0.234 e. The number of rotatable bonds is 5. The van der Waals surface area contributed by atoms with Gasteiger partial charge in [0.2, 0.25) is 5.91 Å². The molecule has 1 amide bonds. The minimum atomic E-state index is 0.0686. The maximum atomic E-state index is 12.3. The van der Waals surface area contributed by atoms with E-state index >= 15 is 0 Å². The number of hydrogen-bond acceptors (Lipinski definition) is 4. The number of fused-ring (bicyclic) bond motifs is 2. The second-order valence-electron chi connectivity index (χ2n) is 6.81. The predicted molar refractivity (Wildman–Crippen MR) is 101 cm³/mol. The van der Waals surface area contributed by atoms with Gasteiger partial charge >= 0.3 is 0 Å². The number of amides is 1. The second-order valence-corrected chi connectivity index (χ2v) is 6.81. The Bertz CT molecular complexity index is 933. The van der Waals surface area contributed by atoms with E-state index in [2.05, 4.69) is 37.3 Å². The lowest BCUT2D eigenvalue weighted by Gasteiger charge is -2.27. The Hall–Kier alpha value is -2.73. The summed E-state index contributed by atoms with van der Waals surface area (Å²) in [6, 6.07) is 8.24. The van der Waals surface area contributed by atoms with Crippen molar-refractivity contribution >= 4 is 16.8 Å². The molecule has 0 radical (unpaired) electrons. The monoisotopic (exact) mass is 349 g/mol. The summed E-state index contributed by atoms with van der Waals surface area (Å²) in [4.78, 5) is 26.5. The average Bonchev–Trinajstić information content (AvgIpc) is 3.05. The largest absolute Gasteiger partial charge is 0.361 e. The van der Waals surface area contributed by atoms with Gasteiger partial charge in [-0.1, -0.05) is 18.2 Å². The van der Waals surface area contributed by atoms with Crippen molar-refractivity contribution in [3.05, 3.63) is 59.3 Å². The number of carbonyl (C=O) groups is 1. The van der Waals surface area contributed by atoms with Gasteiger partial charge in [-0.2, -0.15) is 0 Å². The molecule has 0 aliphatic carbocycles. The average molecular weight is 349 g/mol. The van der Waals surface area contributed by atoms with E-state index in [1.807, 2.05) is 31.5 Å². The van der Waals surface area contributed by atoms with Gasteiger partial charge in [0, 0.05) is 42.9 Å². The summed E-state index contributed by atoms with van der Waals surface area (Å²) in [7, 11) is 0. The molecule has 0 bridgehead atoms. The summed E-state index contributed by atoms with van der Waals surface area (Å²) in [5, 5.41) is 4.27. The topological polar surface area (TPSA) is 73.9 Å². The Balaban J connectivity index is 1.28. The highest BCUT2D eigenvalue weighted by Gasteiger charge is 2.19. The van der Waals surface area contributed by atoms with Crippen LogP contribution in [-0.2, 0) is 24.2 Å². The molecule has 134 valence electrons. The fourth-order valence-electron chi connectivity index (χ4n) is 3.53. The molecule has 1 aromatic carbocycles. The van der Waals surface area contributed by atoms with Crippen LogP contribution in [0.2, 0.25) is 0 Å². The molecule has 2 N–H and O–H groups in total. The molecule has 0 atom stereocenters. The third-order valence-corrected chi connectivity index (χ3v) is 4.90. The number of nitrogens with one attached hydrogen (secondary N) is 2. The van der Waals surface area contributed by atoms with E-state index < -0.39 is 0 Å². The summed E-state index contributed by atoms with van der Waals surface area (Å²) in [6.07, 6.45) is 5.67. The van der Waals surface area contributed by atoms with E-state index in [0.717, 1.165) is 36.4 Å². The van der Waals surface area contributed by atoms with Crippen LogP contribution in [0.15, 0.2) is 36.7 Å². The number of H-pyrrole nitrogens is 1. The number of aryl methyl sites for hydroxylation is 1. The zero-order valence-corrected chi connectivity index (χ0v) is 15.0. The van der Waals surface area contributed by atoms with Crippen molar-refractivity contribution in [1.29, 1.82) is 0 Å². The Kier molecular flexibility index (Phi) is 4.67. The van der Waals surface area contributed by atoms with E-state index in [1.54, 1.807) is 0 Å². The molecule has 1 aliphatic rings. The highest BCUT2D eigenvalue weighted by molar-refractivity contribution is 5.83. The summed E-state index contributed by atoms with van der Waals surface area (Å²) in [6.45, 7) is 4.54. The van der Waals surface area contributed by atoms with Crippen molar-refractivity contribution in [2.24, 2.45) is 0 Å². The van der Waals surface area contributed by atoms with E-state index in [-0.39, 0.29) is 5.91 Å². The molecule has 3 heterocycles. The summed E-state index contributed by atoms with van der Waals surface area (Å²) in [5.74, 6) is 0.854. The molecule has 3 aromatic rings. The third-order valence-electron chi connectivity index (χ3n) is 4.90. The van der Waals surface area contributed by atoms with Gasteiger partial charge in [0.1, 0.15) is 5.82 Å². The van der Waals surface area contributed by atoms with Gasteiger partial charge in [-0.05, 0) is 37.0 Å². The molecule has 0 saturated carbocycles. The zero-order valence-electron chi connectivity index (χ0n) is 15.0. The molecule has 2 aromatic heterocycles. The van der Waals surface area contributed by atoms with Crippen molar-refractivity contribution in [1.82, 2.24) is 25.2 Å². The van der Waals surface area contributed by atoms with Gasteiger partial charge in [0.05, 0.1) is 12.2 Å². The lowest BCUT2D eigenvalue weighted by Crippen LogP contribution is -2.40. The molecule has 0 saturated heterocycles. The molecule has 0 unspecified atom stereocenters. The Morgan fingerprint density at radius 2 is 2.23 bits per heavy atom. The molecule has 0 fully saturated rings. The summed E-state index contributed by atoms with van der Waals surface area (Å²) in [5.41, 5.74) is 4.63. The number of aromatic nitrogens is 3. The van der Waals surface area contributed by atoms with Crippen molar-refractivity contribution < 1.29 is 4.79 Å². The van der Waals surface area contributed by atoms with Crippen LogP contribution < -0.4 is 5.32 Å². The molecule has 1 aliphatic heterocycles. The second kappa shape index (κ2) is 7.25. The van der Waals surface area contributed by atoms with Gasteiger partial charge in [-0.15, -0.1) is 0 Å². The number of hydrogen-bond donors (Lipinski definition) is 2. The first-order chi connectivity index (χ1) is 12.7. The standard InChI is InChI=1S/C20H23N5O/c1-14-22-11-16-7-9-25(12-19(16)24-14)13-20(26)21-8-6-15-10-23-18-5-3-2-4-17(15)18/h2-5,10-11,23H,6-9,12-13H2,1H3,(H,21,26). The lowest BCUT2D eigenvalue weighted by atomic mass is 10.1. The number of carbonyl (C=O) groups excluding carboxylic acids is 1. The van der Waals surface area contributed by atoms with Crippen LogP contribution in [0.25, 0.3) is 10.9 Å². The van der Waals surface area contributed by atoms with E-state index in [0.29, 0.717) is 19.6 Å². The SMILES string of the molecule is Cc1ncc2c(n1)CN(CC(=O)NCCc1c[nH]c3ccccc13)CC2. The minimum Gasteiger partial charge on any atom is -0.361 e. The molecule has 0 spiro atoms. The van der Waals surface area contributed by atoms with Crippen molar-refractivity contribution in [3.63, 3.8) is 0 Å². The van der Waals surface area contributed by atoms with Gasteiger partial charge in [0.15, 0.2) is 0 Å². The first kappa shape index (κ1) is 16.7. The first-order valence-electron chi connectivity index (χ1n) is 9.04. The Morgan fingerprint density at radius 1 is 1.35 bits per heavy atom.